The summed E-state index contributed by atoms with van der Waals surface area (Å²) in [4.78, 5) is 29.9. The third-order valence-electron chi connectivity index (χ3n) is 4.96. The van der Waals surface area contributed by atoms with Crippen molar-refractivity contribution < 1.29 is 14.0 Å². The van der Waals surface area contributed by atoms with Crippen LogP contribution in [0.15, 0.2) is 97.6 Å². The highest BCUT2D eigenvalue weighted by atomic mass is 19.1. The minimum Gasteiger partial charge on any atom is -0.340 e. The van der Waals surface area contributed by atoms with Crippen molar-refractivity contribution >= 4 is 11.7 Å². The highest BCUT2D eigenvalue weighted by molar-refractivity contribution is 6.04. The van der Waals surface area contributed by atoms with E-state index in [2.05, 4.69) is 10.3 Å². The maximum Gasteiger partial charge on any atom is 0.251 e. The van der Waals surface area contributed by atoms with Crippen LogP contribution in [0.3, 0.4) is 0 Å². The van der Waals surface area contributed by atoms with Crippen LogP contribution in [-0.4, -0.2) is 27.3 Å². The maximum absolute atomic E-state index is 13.1. The third kappa shape index (κ3) is 4.93. The second-order valence-corrected chi connectivity index (χ2v) is 7.10. The van der Waals surface area contributed by atoms with E-state index in [-0.39, 0.29) is 24.1 Å². The quantitative estimate of drug-likeness (QED) is 0.458. The second-order valence-electron chi connectivity index (χ2n) is 7.10. The van der Waals surface area contributed by atoms with Crippen LogP contribution < -0.4 is 5.32 Å². The summed E-state index contributed by atoms with van der Waals surface area (Å²) < 4.78 is 14.9. The molecule has 4 rings (SSSR count). The number of hydrogen-bond donors (Lipinski definition) is 1. The molecule has 0 radical (unpaired) electrons. The fourth-order valence-corrected chi connectivity index (χ4v) is 3.30. The summed E-state index contributed by atoms with van der Waals surface area (Å²) in [6, 6.07) is 21.3. The summed E-state index contributed by atoms with van der Waals surface area (Å²) in [6.45, 7) is 0.271. The van der Waals surface area contributed by atoms with Gasteiger partial charge in [0.25, 0.3) is 5.91 Å². The Morgan fingerprint density at radius 1 is 0.871 bits per heavy atom. The number of benzene rings is 3. The highest BCUT2D eigenvalue weighted by Crippen LogP contribution is 2.20. The first-order valence-electron chi connectivity index (χ1n) is 9.82. The molecule has 0 aliphatic carbocycles. The molecule has 1 N–H and O–H groups in total. The average Bonchev–Trinajstić information content (AvgIpc) is 3.32. The van der Waals surface area contributed by atoms with Crippen molar-refractivity contribution in [3.05, 3.63) is 115 Å². The molecule has 0 bridgehead atoms. The Bertz CT molecular complexity index is 1160. The lowest BCUT2D eigenvalue weighted by atomic mass is 10.0. The number of carbonyl (C=O) groups excluding carboxylic acids is 2. The van der Waals surface area contributed by atoms with Crippen LogP contribution in [0.5, 0.6) is 0 Å². The summed E-state index contributed by atoms with van der Waals surface area (Å²) in [5, 5.41) is 2.85. The molecule has 0 fully saturated rings. The van der Waals surface area contributed by atoms with Crippen LogP contribution >= 0.6 is 0 Å². The minimum absolute atomic E-state index is 0.175. The first-order valence-corrected chi connectivity index (χ1v) is 9.82. The molecule has 3 aromatic carbocycles. The van der Waals surface area contributed by atoms with Crippen molar-refractivity contribution in [1.82, 2.24) is 14.9 Å². The number of carbonyl (C=O) groups is 2. The molecule has 31 heavy (non-hydrogen) atoms. The van der Waals surface area contributed by atoms with Crippen molar-refractivity contribution in [2.45, 2.75) is 12.6 Å². The fourth-order valence-electron chi connectivity index (χ4n) is 3.30. The van der Waals surface area contributed by atoms with Crippen molar-refractivity contribution in [3.63, 3.8) is 0 Å². The Kier molecular flexibility index (Phi) is 5.98. The SMILES string of the molecule is O=C(NC(Cn1ccnc1)C(=O)c1ccccc1)c1ccc(-c2ccc(F)cc2)cc1. The number of halogens is 1. The predicted molar refractivity (Wildman–Crippen MR) is 116 cm³/mol. The van der Waals surface area contributed by atoms with Gasteiger partial charge in [-0.25, -0.2) is 9.37 Å². The lowest BCUT2D eigenvalue weighted by Crippen LogP contribution is -2.43. The van der Waals surface area contributed by atoms with E-state index in [1.807, 2.05) is 6.07 Å². The Balaban J connectivity index is 1.52. The molecule has 6 heteroatoms. The monoisotopic (exact) mass is 413 g/mol. The molecular weight excluding hydrogens is 393 g/mol. The Morgan fingerprint density at radius 3 is 2.13 bits per heavy atom. The molecular formula is C25H20FN3O2. The summed E-state index contributed by atoms with van der Waals surface area (Å²) in [5.74, 6) is -0.822. The number of aromatic nitrogens is 2. The molecule has 0 aliphatic heterocycles. The largest absolute Gasteiger partial charge is 0.340 e. The van der Waals surface area contributed by atoms with Gasteiger partial charge in [-0.1, -0.05) is 54.6 Å². The van der Waals surface area contributed by atoms with Gasteiger partial charge in [0.1, 0.15) is 11.9 Å². The van der Waals surface area contributed by atoms with Gasteiger partial charge in [0.05, 0.1) is 12.9 Å². The van der Waals surface area contributed by atoms with E-state index >= 15 is 0 Å². The zero-order valence-electron chi connectivity index (χ0n) is 16.6. The summed E-state index contributed by atoms with van der Waals surface area (Å²) in [5.41, 5.74) is 2.68. The van der Waals surface area contributed by atoms with Gasteiger partial charge >= 0.3 is 0 Å². The van der Waals surface area contributed by atoms with Gasteiger partial charge in [0.2, 0.25) is 0 Å². The highest BCUT2D eigenvalue weighted by Gasteiger charge is 2.23. The lowest BCUT2D eigenvalue weighted by molar-refractivity contribution is 0.0847. The van der Waals surface area contributed by atoms with Crippen molar-refractivity contribution in [3.8, 4) is 11.1 Å². The van der Waals surface area contributed by atoms with E-state index < -0.39 is 6.04 Å². The van der Waals surface area contributed by atoms with Gasteiger partial charge in [-0.05, 0) is 35.4 Å². The normalized spacial score (nSPS) is 11.6. The van der Waals surface area contributed by atoms with Crippen LogP contribution in [0.25, 0.3) is 11.1 Å². The van der Waals surface area contributed by atoms with Crippen LogP contribution in [0, 0.1) is 5.82 Å². The molecule has 4 aromatic rings. The van der Waals surface area contributed by atoms with Gasteiger partial charge in [-0.15, -0.1) is 0 Å². The van der Waals surface area contributed by atoms with Gasteiger partial charge in [-0.3, -0.25) is 9.59 Å². The second kappa shape index (κ2) is 9.17. The molecule has 0 saturated carbocycles. The van der Waals surface area contributed by atoms with Crippen LogP contribution in [0.2, 0.25) is 0 Å². The Labute approximate surface area is 179 Å². The van der Waals surface area contributed by atoms with Gasteiger partial charge in [0.15, 0.2) is 5.78 Å². The minimum atomic E-state index is -0.749. The molecule has 0 saturated heterocycles. The van der Waals surface area contributed by atoms with E-state index in [0.717, 1.165) is 11.1 Å². The number of nitrogens with one attached hydrogen (secondary N) is 1. The molecule has 1 atom stereocenters. The zero-order chi connectivity index (χ0) is 21.6. The molecule has 1 aromatic heterocycles. The van der Waals surface area contributed by atoms with Gasteiger partial charge in [-0.2, -0.15) is 0 Å². The fraction of sp³-hybridized carbons (Fsp3) is 0.0800. The van der Waals surface area contributed by atoms with E-state index in [9.17, 15) is 14.0 Å². The van der Waals surface area contributed by atoms with Crippen LogP contribution in [-0.2, 0) is 6.54 Å². The maximum atomic E-state index is 13.1. The van der Waals surface area contributed by atoms with E-state index in [0.29, 0.717) is 11.1 Å². The van der Waals surface area contributed by atoms with Crippen LogP contribution in [0.4, 0.5) is 4.39 Å². The number of nitrogens with zero attached hydrogens (tertiary/aromatic N) is 2. The summed E-state index contributed by atoms with van der Waals surface area (Å²) in [7, 11) is 0. The molecule has 1 amide bonds. The van der Waals surface area contributed by atoms with Gasteiger partial charge in [0, 0.05) is 23.5 Å². The molecule has 1 unspecified atom stereocenters. The average molecular weight is 413 g/mol. The number of rotatable bonds is 7. The standard InChI is InChI=1S/C25H20FN3O2/c26-22-12-10-19(11-13-22)18-6-8-21(9-7-18)25(31)28-23(16-29-15-14-27-17-29)24(30)20-4-2-1-3-5-20/h1-15,17,23H,16H2,(H,28,31). The molecule has 0 spiro atoms. The molecule has 1 heterocycles. The van der Waals surface area contributed by atoms with E-state index in [1.165, 1.54) is 12.1 Å². The van der Waals surface area contributed by atoms with Gasteiger partial charge < -0.3 is 9.88 Å². The molecule has 0 aliphatic rings. The number of amides is 1. The smallest absolute Gasteiger partial charge is 0.251 e. The topological polar surface area (TPSA) is 64.0 Å². The number of hydrogen-bond acceptors (Lipinski definition) is 3. The summed E-state index contributed by atoms with van der Waals surface area (Å²) >= 11 is 0. The first-order chi connectivity index (χ1) is 15.1. The van der Waals surface area contributed by atoms with E-state index in [1.54, 1.807) is 84.0 Å². The number of ketones is 1. The molecule has 5 nitrogen and oxygen atoms in total. The number of imidazole rings is 1. The van der Waals surface area contributed by atoms with Crippen molar-refractivity contribution in [2.24, 2.45) is 0 Å². The van der Waals surface area contributed by atoms with Crippen molar-refractivity contribution in [1.29, 1.82) is 0 Å². The Hall–Kier alpha value is -4.06. The zero-order valence-corrected chi connectivity index (χ0v) is 16.6. The Morgan fingerprint density at radius 2 is 1.52 bits per heavy atom. The van der Waals surface area contributed by atoms with Crippen molar-refractivity contribution in [2.75, 3.05) is 0 Å². The number of Topliss-reactive ketones (excluding diaryl/α,β-unsaturated/α-hetero) is 1. The third-order valence-corrected chi connectivity index (χ3v) is 4.96. The van der Waals surface area contributed by atoms with E-state index in [4.69, 9.17) is 0 Å². The lowest BCUT2D eigenvalue weighted by Gasteiger charge is -2.18. The van der Waals surface area contributed by atoms with Crippen LogP contribution in [0.1, 0.15) is 20.7 Å². The predicted octanol–water partition coefficient (Wildman–Crippen LogP) is 4.37. The summed E-state index contributed by atoms with van der Waals surface area (Å²) in [6.07, 6.45) is 4.98. The molecule has 154 valence electrons. The first kappa shape index (κ1) is 20.2.